The van der Waals surface area contributed by atoms with Gasteiger partial charge in [0.25, 0.3) is 0 Å². The Morgan fingerprint density at radius 2 is 2.00 bits per heavy atom. The summed E-state index contributed by atoms with van der Waals surface area (Å²) in [5, 5.41) is 10.7. The van der Waals surface area contributed by atoms with E-state index in [-0.39, 0.29) is 25.2 Å². The van der Waals surface area contributed by atoms with Crippen molar-refractivity contribution in [3.63, 3.8) is 0 Å². The van der Waals surface area contributed by atoms with Crippen LogP contribution in [0.2, 0.25) is 0 Å². The van der Waals surface area contributed by atoms with Gasteiger partial charge < -0.3 is 16.2 Å². The van der Waals surface area contributed by atoms with Crippen LogP contribution >= 0.6 is 0 Å². The van der Waals surface area contributed by atoms with Gasteiger partial charge in [0, 0.05) is 12.8 Å². The first-order valence-corrected chi connectivity index (χ1v) is 4.74. The van der Waals surface area contributed by atoms with E-state index in [1.807, 2.05) is 0 Å². The van der Waals surface area contributed by atoms with E-state index in [1.165, 1.54) is 0 Å². The van der Waals surface area contributed by atoms with Crippen molar-refractivity contribution in [1.29, 1.82) is 0 Å². The quantitative estimate of drug-likeness (QED) is 0.520. The third-order valence-corrected chi connectivity index (χ3v) is 1.86. The highest BCUT2D eigenvalue weighted by Gasteiger charge is 2.14. The fraction of sp³-hybridized carbons (Fsp3) is 0.667. The highest BCUT2D eigenvalue weighted by molar-refractivity contribution is 5.88. The summed E-state index contributed by atoms with van der Waals surface area (Å²) in [6, 6.07) is -0.870. The summed E-state index contributed by atoms with van der Waals surface area (Å²) in [7, 11) is 0. The summed E-state index contributed by atoms with van der Waals surface area (Å²) in [5.41, 5.74) is 5.41. The third-order valence-electron chi connectivity index (χ3n) is 1.86. The summed E-state index contributed by atoms with van der Waals surface area (Å²) in [5.74, 6) is -1.57. The number of nitrogens with one attached hydrogen (secondary N) is 1. The predicted molar refractivity (Wildman–Crippen MR) is 53.2 cm³/mol. The minimum atomic E-state index is -0.997. The van der Waals surface area contributed by atoms with Crippen molar-refractivity contribution in [3.05, 3.63) is 0 Å². The molecule has 0 rings (SSSR count). The van der Waals surface area contributed by atoms with Gasteiger partial charge in [-0.2, -0.15) is 0 Å². The average Bonchev–Trinajstić information content (AvgIpc) is 2.21. The first-order valence-electron chi connectivity index (χ1n) is 4.74. The molecule has 0 aliphatic heterocycles. The van der Waals surface area contributed by atoms with Crippen LogP contribution in [0.25, 0.3) is 0 Å². The number of carbonyl (C=O) groups is 3. The van der Waals surface area contributed by atoms with Crippen LogP contribution in [0.3, 0.4) is 0 Å². The maximum absolute atomic E-state index is 11.2. The first kappa shape index (κ1) is 13.6. The molecule has 0 saturated heterocycles. The molecule has 15 heavy (non-hydrogen) atoms. The Hall–Kier alpha value is -1.43. The Kier molecular flexibility index (Phi) is 6.28. The van der Waals surface area contributed by atoms with Crippen molar-refractivity contribution >= 4 is 17.7 Å². The Morgan fingerprint density at radius 3 is 2.47 bits per heavy atom. The molecule has 6 nitrogen and oxygen atoms in total. The highest BCUT2D eigenvalue weighted by Crippen LogP contribution is 1.94. The summed E-state index contributed by atoms with van der Waals surface area (Å²) in [4.78, 5) is 32.2. The zero-order chi connectivity index (χ0) is 11.8. The van der Waals surface area contributed by atoms with E-state index in [2.05, 4.69) is 5.32 Å². The topological polar surface area (TPSA) is 109 Å². The number of nitrogens with two attached hydrogens (primary N) is 1. The number of Topliss-reactive ketones (excluding diaryl/α,β-unsaturated/α-hetero) is 1. The number of ketones is 1. The third kappa shape index (κ3) is 6.62. The molecule has 0 spiro atoms. The maximum atomic E-state index is 11.2. The monoisotopic (exact) mass is 216 g/mol. The van der Waals surface area contributed by atoms with Gasteiger partial charge >= 0.3 is 5.97 Å². The summed E-state index contributed by atoms with van der Waals surface area (Å²) in [6.45, 7) is 1.65. The lowest BCUT2D eigenvalue weighted by molar-refractivity contribution is -0.137. The van der Waals surface area contributed by atoms with Crippen molar-refractivity contribution in [2.24, 2.45) is 5.73 Å². The van der Waals surface area contributed by atoms with E-state index in [1.54, 1.807) is 6.92 Å². The summed E-state index contributed by atoms with van der Waals surface area (Å²) in [6.07, 6.45) is 0.266. The molecule has 0 saturated carbocycles. The SMILES string of the molecule is CCC(=O)CNC(=O)[C@H](N)CCC(=O)O. The number of hydrogen-bond donors (Lipinski definition) is 3. The van der Waals surface area contributed by atoms with Crippen LogP contribution in [0, 0.1) is 0 Å². The van der Waals surface area contributed by atoms with E-state index in [0.29, 0.717) is 6.42 Å². The molecule has 4 N–H and O–H groups in total. The fourth-order valence-electron chi connectivity index (χ4n) is 0.852. The van der Waals surface area contributed by atoms with Crippen molar-refractivity contribution in [2.75, 3.05) is 6.54 Å². The van der Waals surface area contributed by atoms with E-state index < -0.39 is 17.9 Å². The molecule has 0 bridgehead atoms. The highest BCUT2D eigenvalue weighted by atomic mass is 16.4. The zero-order valence-corrected chi connectivity index (χ0v) is 8.66. The lowest BCUT2D eigenvalue weighted by Gasteiger charge is -2.09. The standard InChI is InChI=1S/C9H16N2O4/c1-2-6(12)5-11-9(15)7(10)3-4-8(13)14/h7H,2-5,10H2,1H3,(H,11,15)(H,13,14)/t7-/m1/s1. The minimum Gasteiger partial charge on any atom is -0.481 e. The lowest BCUT2D eigenvalue weighted by atomic mass is 10.1. The second kappa shape index (κ2) is 6.94. The molecule has 0 unspecified atom stereocenters. The van der Waals surface area contributed by atoms with Crippen LogP contribution in [-0.2, 0) is 14.4 Å². The van der Waals surface area contributed by atoms with Gasteiger partial charge in [-0.3, -0.25) is 14.4 Å². The van der Waals surface area contributed by atoms with Gasteiger partial charge in [-0.05, 0) is 6.42 Å². The number of carbonyl (C=O) groups excluding carboxylic acids is 2. The van der Waals surface area contributed by atoms with Gasteiger partial charge in [0.15, 0.2) is 5.78 Å². The van der Waals surface area contributed by atoms with E-state index in [0.717, 1.165) is 0 Å². The molecule has 86 valence electrons. The van der Waals surface area contributed by atoms with Crippen molar-refractivity contribution < 1.29 is 19.5 Å². The molecular formula is C9H16N2O4. The molecule has 0 aliphatic carbocycles. The molecule has 0 heterocycles. The minimum absolute atomic E-state index is 0.0455. The van der Waals surface area contributed by atoms with Gasteiger partial charge in [-0.15, -0.1) is 0 Å². The van der Waals surface area contributed by atoms with Gasteiger partial charge in [0.05, 0.1) is 12.6 Å². The van der Waals surface area contributed by atoms with E-state index in [4.69, 9.17) is 10.8 Å². The predicted octanol–water partition coefficient (Wildman–Crippen LogP) is -0.726. The van der Waals surface area contributed by atoms with Crippen LogP contribution in [0.5, 0.6) is 0 Å². The Morgan fingerprint density at radius 1 is 1.40 bits per heavy atom. The van der Waals surface area contributed by atoms with Crippen molar-refractivity contribution in [1.82, 2.24) is 5.32 Å². The molecule has 6 heteroatoms. The molecule has 0 aromatic rings. The average molecular weight is 216 g/mol. The largest absolute Gasteiger partial charge is 0.481 e. The Bertz CT molecular complexity index is 252. The van der Waals surface area contributed by atoms with Gasteiger partial charge in [0.1, 0.15) is 0 Å². The second-order valence-corrected chi connectivity index (χ2v) is 3.15. The molecule has 1 amide bonds. The lowest BCUT2D eigenvalue weighted by Crippen LogP contribution is -2.42. The summed E-state index contributed by atoms with van der Waals surface area (Å²) >= 11 is 0. The Labute approximate surface area is 87.8 Å². The van der Waals surface area contributed by atoms with Gasteiger partial charge in [-0.1, -0.05) is 6.92 Å². The van der Waals surface area contributed by atoms with Gasteiger partial charge in [-0.25, -0.2) is 0 Å². The number of amides is 1. The van der Waals surface area contributed by atoms with Crippen molar-refractivity contribution in [2.45, 2.75) is 32.2 Å². The second-order valence-electron chi connectivity index (χ2n) is 3.15. The number of aliphatic carboxylic acids is 1. The molecule has 0 aromatic carbocycles. The zero-order valence-electron chi connectivity index (χ0n) is 8.66. The molecule has 0 aliphatic rings. The van der Waals surface area contributed by atoms with Gasteiger partial charge in [0.2, 0.25) is 5.91 Å². The van der Waals surface area contributed by atoms with Crippen molar-refractivity contribution in [3.8, 4) is 0 Å². The fourth-order valence-corrected chi connectivity index (χ4v) is 0.852. The Balaban J connectivity index is 3.79. The number of hydrogen-bond acceptors (Lipinski definition) is 4. The van der Waals surface area contributed by atoms with E-state index >= 15 is 0 Å². The number of carboxylic acids is 1. The first-order chi connectivity index (χ1) is 6.97. The molecule has 1 atom stereocenters. The molecule has 0 aromatic heterocycles. The maximum Gasteiger partial charge on any atom is 0.303 e. The molecular weight excluding hydrogens is 200 g/mol. The number of carboxylic acid groups (broad SMARTS) is 1. The van der Waals surface area contributed by atoms with Crippen LogP contribution < -0.4 is 11.1 Å². The molecule has 0 fully saturated rings. The number of rotatable bonds is 7. The summed E-state index contributed by atoms with van der Waals surface area (Å²) < 4.78 is 0. The van der Waals surface area contributed by atoms with Crippen LogP contribution in [0.1, 0.15) is 26.2 Å². The molecule has 0 radical (unpaired) electrons. The van der Waals surface area contributed by atoms with Crippen LogP contribution in [-0.4, -0.2) is 35.4 Å². The van der Waals surface area contributed by atoms with Crippen LogP contribution in [0.15, 0.2) is 0 Å². The van der Waals surface area contributed by atoms with Crippen LogP contribution in [0.4, 0.5) is 0 Å². The normalized spacial score (nSPS) is 11.9. The smallest absolute Gasteiger partial charge is 0.303 e. The van der Waals surface area contributed by atoms with E-state index in [9.17, 15) is 14.4 Å².